The number of benzene rings is 3. The Bertz CT molecular complexity index is 1070. The highest BCUT2D eigenvalue weighted by atomic mass is 79.9. The fraction of sp³-hybridized carbons (Fsp3) is 0.200. The zero-order valence-corrected chi connectivity index (χ0v) is 16.3. The van der Waals surface area contributed by atoms with E-state index in [1.807, 2.05) is 42.5 Å². The SMILES string of the molecule is CS(=O)(=O)N(Cc1ccccc1Br)c1ccc2c3c(cccc13)CC2. The van der Waals surface area contributed by atoms with Crippen molar-refractivity contribution in [1.82, 2.24) is 0 Å². The normalized spacial score (nSPS) is 13.4. The summed E-state index contributed by atoms with van der Waals surface area (Å²) < 4.78 is 27.6. The van der Waals surface area contributed by atoms with Gasteiger partial charge in [-0.15, -0.1) is 0 Å². The predicted octanol–water partition coefficient (Wildman–Crippen LogP) is 4.67. The highest BCUT2D eigenvalue weighted by Gasteiger charge is 2.24. The predicted molar refractivity (Wildman–Crippen MR) is 107 cm³/mol. The summed E-state index contributed by atoms with van der Waals surface area (Å²) >= 11 is 3.53. The van der Waals surface area contributed by atoms with Gasteiger partial charge in [-0.2, -0.15) is 0 Å². The van der Waals surface area contributed by atoms with Crippen molar-refractivity contribution in [2.24, 2.45) is 0 Å². The highest BCUT2D eigenvalue weighted by molar-refractivity contribution is 9.10. The van der Waals surface area contributed by atoms with Crippen LogP contribution in [0.2, 0.25) is 0 Å². The molecule has 3 aromatic carbocycles. The number of hydrogen-bond donors (Lipinski definition) is 0. The minimum atomic E-state index is -3.42. The Morgan fingerprint density at radius 3 is 2.40 bits per heavy atom. The van der Waals surface area contributed by atoms with Gasteiger partial charge in [0.25, 0.3) is 0 Å². The largest absolute Gasteiger partial charge is 0.265 e. The molecule has 0 amide bonds. The summed E-state index contributed by atoms with van der Waals surface area (Å²) in [6.45, 7) is 0.304. The molecule has 1 aliphatic rings. The van der Waals surface area contributed by atoms with Crippen molar-refractivity contribution in [3.05, 3.63) is 75.8 Å². The summed E-state index contributed by atoms with van der Waals surface area (Å²) in [7, 11) is -3.42. The molecule has 0 unspecified atom stereocenters. The average Bonchev–Trinajstić information content (AvgIpc) is 2.99. The Hall–Kier alpha value is -1.85. The smallest absolute Gasteiger partial charge is 0.232 e. The van der Waals surface area contributed by atoms with Crippen molar-refractivity contribution in [2.45, 2.75) is 19.4 Å². The fourth-order valence-electron chi connectivity index (χ4n) is 3.61. The lowest BCUT2D eigenvalue weighted by atomic mass is 10.0. The van der Waals surface area contributed by atoms with Crippen LogP contribution in [-0.4, -0.2) is 14.7 Å². The second kappa shape index (κ2) is 6.15. The first-order valence-corrected chi connectivity index (χ1v) is 10.8. The summed E-state index contributed by atoms with van der Waals surface area (Å²) in [6, 6.07) is 17.9. The molecule has 0 N–H and O–H groups in total. The van der Waals surface area contributed by atoms with E-state index in [1.165, 1.54) is 27.1 Å². The van der Waals surface area contributed by atoms with Crippen molar-refractivity contribution < 1.29 is 8.42 Å². The molecule has 0 saturated carbocycles. The molecule has 0 aromatic heterocycles. The third kappa shape index (κ3) is 2.96. The van der Waals surface area contributed by atoms with Crippen LogP contribution in [0, 0.1) is 0 Å². The van der Waals surface area contributed by atoms with Gasteiger partial charge >= 0.3 is 0 Å². The maximum atomic E-state index is 12.6. The molecule has 128 valence electrons. The molecular weight excluding hydrogens is 398 g/mol. The number of aryl methyl sites for hydroxylation is 2. The van der Waals surface area contributed by atoms with Crippen LogP contribution in [0.15, 0.2) is 59.1 Å². The van der Waals surface area contributed by atoms with Gasteiger partial charge in [-0.05, 0) is 47.1 Å². The maximum Gasteiger partial charge on any atom is 0.232 e. The van der Waals surface area contributed by atoms with Gasteiger partial charge in [-0.3, -0.25) is 4.31 Å². The van der Waals surface area contributed by atoms with Crippen LogP contribution >= 0.6 is 15.9 Å². The number of nitrogens with zero attached hydrogens (tertiary/aromatic N) is 1. The lowest BCUT2D eigenvalue weighted by Crippen LogP contribution is -2.29. The molecule has 0 bridgehead atoms. The molecule has 0 radical (unpaired) electrons. The first-order chi connectivity index (χ1) is 11.9. The average molecular weight is 416 g/mol. The van der Waals surface area contributed by atoms with E-state index in [2.05, 4.69) is 28.1 Å². The molecule has 0 saturated heterocycles. The Labute approximate surface area is 156 Å². The van der Waals surface area contributed by atoms with Gasteiger partial charge in [0, 0.05) is 9.86 Å². The van der Waals surface area contributed by atoms with Crippen LogP contribution in [0.4, 0.5) is 5.69 Å². The van der Waals surface area contributed by atoms with Crippen LogP contribution < -0.4 is 4.31 Å². The van der Waals surface area contributed by atoms with E-state index >= 15 is 0 Å². The lowest BCUT2D eigenvalue weighted by molar-refractivity contribution is 0.596. The molecule has 0 spiro atoms. The summed E-state index contributed by atoms with van der Waals surface area (Å²) in [5.74, 6) is 0. The molecule has 4 rings (SSSR count). The quantitative estimate of drug-likeness (QED) is 0.620. The molecule has 0 atom stereocenters. The van der Waals surface area contributed by atoms with Gasteiger partial charge in [-0.25, -0.2) is 8.42 Å². The lowest BCUT2D eigenvalue weighted by Gasteiger charge is -2.25. The number of sulfonamides is 1. The monoisotopic (exact) mass is 415 g/mol. The Morgan fingerprint density at radius 2 is 1.68 bits per heavy atom. The second-order valence-corrected chi connectivity index (χ2v) is 9.21. The van der Waals surface area contributed by atoms with Crippen molar-refractivity contribution in [2.75, 3.05) is 10.6 Å². The summed E-state index contributed by atoms with van der Waals surface area (Å²) in [4.78, 5) is 0. The van der Waals surface area contributed by atoms with E-state index in [-0.39, 0.29) is 0 Å². The Kier molecular flexibility index (Phi) is 4.08. The van der Waals surface area contributed by atoms with Gasteiger partial charge in [0.15, 0.2) is 0 Å². The summed E-state index contributed by atoms with van der Waals surface area (Å²) in [6.07, 6.45) is 3.32. The van der Waals surface area contributed by atoms with E-state index in [9.17, 15) is 8.42 Å². The third-order valence-corrected chi connectivity index (χ3v) is 6.69. The van der Waals surface area contributed by atoms with E-state index in [4.69, 9.17) is 0 Å². The molecule has 1 aliphatic carbocycles. The highest BCUT2D eigenvalue weighted by Crippen LogP contribution is 2.38. The minimum absolute atomic E-state index is 0.304. The van der Waals surface area contributed by atoms with Gasteiger partial charge < -0.3 is 0 Å². The van der Waals surface area contributed by atoms with Crippen molar-refractivity contribution in [3.63, 3.8) is 0 Å². The van der Waals surface area contributed by atoms with Crippen LogP contribution in [0.1, 0.15) is 16.7 Å². The fourth-order valence-corrected chi connectivity index (χ4v) is 4.91. The van der Waals surface area contributed by atoms with Crippen molar-refractivity contribution >= 4 is 42.4 Å². The standard InChI is InChI=1S/C20H18BrNO2S/c1-25(23,24)22(13-16-5-2-3-8-18(16)21)19-12-11-15-10-9-14-6-4-7-17(19)20(14)15/h2-8,11-12H,9-10,13H2,1H3. The zero-order chi connectivity index (χ0) is 17.6. The molecule has 0 aliphatic heterocycles. The van der Waals surface area contributed by atoms with Crippen LogP contribution in [-0.2, 0) is 29.4 Å². The van der Waals surface area contributed by atoms with Crippen LogP contribution in [0.5, 0.6) is 0 Å². The van der Waals surface area contributed by atoms with Gasteiger partial charge in [0.1, 0.15) is 0 Å². The number of rotatable bonds is 4. The van der Waals surface area contributed by atoms with Crippen LogP contribution in [0.3, 0.4) is 0 Å². The Morgan fingerprint density at radius 1 is 0.960 bits per heavy atom. The van der Waals surface area contributed by atoms with E-state index in [0.29, 0.717) is 6.54 Å². The topological polar surface area (TPSA) is 37.4 Å². The minimum Gasteiger partial charge on any atom is -0.265 e. The molecule has 5 heteroatoms. The third-order valence-electron chi connectivity index (χ3n) is 4.79. The van der Waals surface area contributed by atoms with Crippen molar-refractivity contribution in [1.29, 1.82) is 0 Å². The van der Waals surface area contributed by atoms with Crippen LogP contribution in [0.25, 0.3) is 10.8 Å². The molecule has 25 heavy (non-hydrogen) atoms. The molecular formula is C20H18BrNO2S. The van der Waals surface area contributed by atoms with Gasteiger partial charge in [-0.1, -0.05) is 58.4 Å². The summed E-state index contributed by atoms with van der Waals surface area (Å²) in [5, 5.41) is 2.24. The number of anilines is 1. The maximum absolute atomic E-state index is 12.6. The summed E-state index contributed by atoms with van der Waals surface area (Å²) in [5.41, 5.74) is 4.31. The molecule has 0 heterocycles. The second-order valence-electron chi connectivity index (χ2n) is 6.44. The number of halogens is 1. The van der Waals surface area contributed by atoms with E-state index in [1.54, 1.807) is 0 Å². The molecule has 0 fully saturated rings. The molecule has 3 nitrogen and oxygen atoms in total. The van der Waals surface area contributed by atoms with Gasteiger partial charge in [0.05, 0.1) is 18.5 Å². The first kappa shape index (κ1) is 16.6. The van der Waals surface area contributed by atoms with Crippen molar-refractivity contribution in [3.8, 4) is 0 Å². The number of hydrogen-bond acceptors (Lipinski definition) is 2. The zero-order valence-electron chi connectivity index (χ0n) is 13.9. The van der Waals surface area contributed by atoms with E-state index in [0.717, 1.165) is 34.0 Å². The van der Waals surface area contributed by atoms with E-state index < -0.39 is 10.0 Å². The Balaban J connectivity index is 1.90. The first-order valence-electron chi connectivity index (χ1n) is 8.20. The molecule has 3 aromatic rings. The van der Waals surface area contributed by atoms with Gasteiger partial charge in [0.2, 0.25) is 10.0 Å².